The lowest BCUT2D eigenvalue weighted by atomic mass is 10.0. The van der Waals surface area contributed by atoms with E-state index in [4.69, 9.17) is 14.2 Å². The van der Waals surface area contributed by atoms with Gasteiger partial charge in [-0.1, -0.05) is 19.1 Å². The molecule has 0 amide bonds. The van der Waals surface area contributed by atoms with Crippen LogP contribution in [-0.4, -0.2) is 24.6 Å². The molecule has 4 nitrogen and oxygen atoms in total. The van der Waals surface area contributed by atoms with Gasteiger partial charge in [0.2, 0.25) is 0 Å². The number of ether oxygens (including phenoxy) is 3. The molecule has 0 aliphatic carbocycles. The predicted molar refractivity (Wildman–Crippen MR) is 127 cm³/mol. The second-order valence-corrected chi connectivity index (χ2v) is 7.89. The largest absolute Gasteiger partial charge is 0.494 e. The van der Waals surface area contributed by atoms with Crippen LogP contribution in [0.4, 0.5) is 0 Å². The van der Waals surface area contributed by atoms with E-state index in [1.54, 1.807) is 24.3 Å². The number of hydrogen-bond donors (Lipinski definition) is 0. The fourth-order valence-electron chi connectivity index (χ4n) is 3.00. The highest BCUT2D eigenvalue weighted by Crippen LogP contribution is 2.33. The third kappa shape index (κ3) is 7.63. The van der Waals surface area contributed by atoms with E-state index in [9.17, 15) is 4.79 Å². The maximum atomic E-state index is 12.6. The molecular weight excluding hydrogens is 388 g/mol. The van der Waals surface area contributed by atoms with Crippen molar-refractivity contribution in [3.63, 3.8) is 0 Å². The van der Waals surface area contributed by atoms with Crippen LogP contribution in [0.2, 0.25) is 0 Å². The minimum atomic E-state index is -0.0742. The summed E-state index contributed by atoms with van der Waals surface area (Å²) in [5.41, 5.74) is 2.42. The van der Waals surface area contributed by atoms with Crippen molar-refractivity contribution in [2.45, 2.75) is 59.7 Å². The summed E-state index contributed by atoms with van der Waals surface area (Å²) in [7, 11) is 0. The molecule has 0 aromatic heterocycles. The van der Waals surface area contributed by atoms with Crippen molar-refractivity contribution in [1.82, 2.24) is 0 Å². The van der Waals surface area contributed by atoms with Crippen LogP contribution in [0.15, 0.2) is 55.1 Å². The topological polar surface area (TPSA) is 44.8 Å². The van der Waals surface area contributed by atoms with E-state index in [2.05, 4.69) is 13.5 Å². The second kappa shape index (κ2) is 12.0. The van der Waals surface area contributed by atoms with Gasteiger partial charge in [0.1, 0.15) is 17.2 Å². The van der Waals surface area contributed by atoms with Gasteiger partial charge >= 0.3 is 0 Å². The fraction of sp³-hybridized carbons (Fsp3) is 0.370. The standard InChI is InChI=1S/C27H34O4/c1-7-9-24-26(30-19(3)4)17-21(18-27(24)31-20(5)6)10-15-25(28)22-11-13-23(14-12-22)29-16-8-2/h7,10-15,17-20H,1,8-9,16H2,2-6H3/b15-10+. The Kier molecular flexibility index (Phi) is 9.39. The molecule has 0 saturated heterocycles. The van der Waals surface area contributed by atoms with Gasteiger partial charge in [-0.15, -0.1) is 6.58 Å². The Morgan fingerprint density at radius 1 is 1.00 bits per heavy atom. The van der Waals surface area contributed by atoms with Gasteiger partial charge in [-0.05, 0) is 88.6 Å². The Hall–Kier alpha value is -3.01. The van der Waals surface area contributed by atoms with Gasteiger partial charge in [0, 0.05) is 11.1 Å². The zero-order chi connectivity index (χ0) is 22.8. The number of carbonyl (C=O) groups excluding carboxylic acids is 1. The number of allylic oxidation sites excluding steroid dienone is 2. The third-order valence-corrected chi connectivity index (χ3v) is 4.30. The van der Waals surface area contributed by atoms with E-state index in [0.29, 0.717) is 18.6 Å². The molecule has 0 atom stereocenters. The minimum absolute atomic E-state index is 0.0183. The molecule has 0 radical (unpaired) electrons. The first kappa shape index (κ1) is 24.3. The third-order valence-electron chi connectivity index (χ3n) is 4.30. The van der Waals surface area contributed by atoms with E-state index in [-0.39, 0.29) is 18.0 Å². The lowest BCUT2D eigenvalue weighted by molar-refractivity contribution is 0.104. The van der Waals surface area contributed by atoms with Crippen molar-refractivity contribution < 1.29 is 19.0 Å². The van der Waals surface area contributed by atoms with E-state index >= 15 is 0 Å². The van der Waals surface area contributed by atoms with Gasteiger partial charge in [0.05, 0.1) is 18.8 Å². The van der Waals surface area contributed by atoms with Crippen LogP contribution in [0.5, 0.6) is 17.2 Å². The SMILES string of the molecule is C=CCc1c(OC(C)C)cc(/C=C/C(=O)c2ccc(OCCC)cc2)cc1OC(C)C. The Morgan fingerprint density at radius 2 is 1.58 bits per heavy atom. The van der Waals surface area contributed by atoms with Gasteiger partial charge in [-0.3, -0.25) is 4.79 Å². The molecule has 0 bridgehead atoms. The van der Waals surface area contributed by atoms with Crippen molar-refractivity contribution in [1.29, 1.82) is 0 Å². The molecule has 2 aromatic carbocycles. The lowest BCUT2D eigenvalue weighted by Gasteiger charge is -2.20. The van der Waals surface area contributed by atoms with Crippen LogP contribution in [0.1, 0.15) is 62.5 Å². The van der Waals surface area contributed by atoms with Gasteiger partial charge in [-0.25, -0.2) is 0 Å². The first-order valence-corrected chi connectivity index (χ1v) is 10.9. The Labute approximate surface area is 186 Å². The molecule has 0 unspecified atom stereocenters. The Morgan fingerprint density at radius 3 is 2.06 bits per heavy atom. The van der Waals surface area contributed by atoms with Crippen molar-refractivity contribution in [3.8, 4) is 17.2 Å². The summed E-state index contributed by atoms with van der Waals surface area (Å²) in [4.78, 5) is 12.6. The molecule has 31 heavy (non-hydrogen) atoms. The quantitative estimate of drug-likeness (QED) is 0.218. The molecule has 4 heteroatoms. The first-order valence-electron chi connectivity index (χ1n) is 10.9. The molecule has 0 spiro atoms. The molecule has 2 aromatic rings. The van der Waals surface area contributed by atoms with Crippen LogP contribution < -0.4 is 14.2 Å². The monoisotopic (exact) mass is 422 g/mol. The molecule has 0 heterocycles. The summed E-state index contributed by atoms with van der Waals surface area (Å²) in [5, 5.41) is 0. The predicted octanol–water partition coefficient (Wildman–Crippen LogP) is 6.67. The average Bonchev–Trinajstić information content (AvgIpc) is 2.72. The van der Waals surface area contributed by atoms with E-state index in [1.807, 2.05) is 58.0 Å². The average molecular weight is 423 g/mol. The Balaban J connectivity index is 2.30. The van der Waals surface area contributed by atoms with Gasteiger partial charge in [0.15, 0.2) is 5.78 Å². The first-order chi connectivity index (χ1) is 14.8. The van der Waals surface area contributed by atoms with Crippen molar-refractivity contribution in [2.75, 3.05) is 6.61 Å². The number of rotatable bonds is 12. The van der Waals surface area contributed by atoms with Crippen LogP contribution in [-0.2, 0) is 6.42 Å². The van der Waals surface area contributed by atoms with Crippen LogP contribution in [0.25, 0.3) is 6.08 Å². The van der Waals surface area contributed by atoms with Gasteiger partial charge in [0.25, 0.3) is 0 Å². The molecule has 0 saturated carbocycles. The second-order valence-electron chi connectivity index (χ2n) is 7.89. The van der Waals surface area contributed by atoms with Gasteiger partial charge in [-0.2, -0.15) is 0 Å². The zero-order valence-corrected chi connectivity index (χ0v) is 19.3. The highest BCUT2D eigenvalue weighted by Gasteiger charge is 2.14. The summed E-state index contributed by atoms with van der Waals surface area (Å²) in [6.45, 7) is 14.5. The van der Waals surface area contributed by atoms with Crippen molar-refractivity contribution in [3.05, 3.63) is 71.8 Å². The molecule has 0 N–H and O–H groups in total. The number of ketones is 1. The zero-order valence-electron chi connectivity index (χ0n) is 19.3. The van der Waals surface area contributed by atoms with Gasteiger partial charge < -0.3 is 14.2 Å². The summed E-state index contributed by atoms with van der Waals surface area (Å²) in [5.74, 6) is 2.19. The molecule has 166 valence electrons. The summed E-state index contributed by atoms with van der Waals surface area (Å²) >= 11 is 0. The maximum absolute atomic E-state index is 12.6. The van der Waals surface area contributed by atoms with E-state index in [0.717, 1.165) is 34.8 Å². The number of carbonyl (C=O) groups is 1. The highest BCUT2D eigenvalue weighted by molar-refractivity contribution is 6.06. The molecule has 0 fully saturated rings. The smallest absolute Gasteiger partial charge is 0.185 e. The minimum Gasteiger partial charge on any atom is -0.494 e. The van der Waals surface area contributed by atoms with Crippen LogP contribution >= 0.6 is 0 Å². The summed E-state index contributed by atoms with van der Waals surface area (Å²) in [6, 6.07) is 11.1. The van der Waals surface area contributed by atoms with E-state index in [1.165, 1.54) is 0 Å². The maximum Gasteiger partial charge on any atom is 0.185 e. The molecule has 0 aliphatic rings. The molecular formula is C27H34O4. The van der Waals surface area contributed by atoms with Crippen molar-refractivity contribution >= 4 is 11.9 Å². The van der Waals surface area contributed by atoms with Crippen molar-refractivity contribution in [2.24, 2.45) is 0 Å². The summed E-state index contributed by atoms with van der Waals surface area (Å²) in [6.07, 6.45) is 6.82. The van der Waals surface area contributed by atoms with Crippen LogP contribution in [0, 0.1) is 0 Å². The normalized spacial score (nSPS) is 11.2. The van der Waals surface area contributed by atoms with Crippen LogP contribution in [0.3, 0.4) is 0 Å². The lowest BCUT2D eigenvalue weighted by Crippen LogP contribution is -2.11. The number of benzene rings is 2. The Bertz CT molecular complexity index is 861. The summed E-state index contributed by atoms with van der Waals surface area (Å²) < 4.78 is 17.6. The van der Waals surface area contributed by atoms with E-state index < -0.39 is 0 Å². The number of hydrogen-bond acceptors (Lipinski definition) is 4. The molecule has 2 rings (SSSR count). The molecule has 0 aliphatic heterocycles. The highest BCUT2D eigenvalue weighted by atomic mass is 16.5. The fourth-order valence-corrected chi connectivity index (χ4v) is 3.00.